The van der Waals surface area contributed by atoms with Crippen LogP contribution in [0.25, 0.3) is 0 Å². The normalized spacial score (nSPS) is 11.5. The van der Waals surface area contributed by atoms with Crippen molar-refractivity contribution in [2.75, 3.05) is 18.5 Å². The number of nitrogens with two attached hydrogens (primary N) is 1. The van der Waals surface area contributed by atoms with E-state index < -0.39 is 0 Å². The molecule has 0 aliphatic heterocycles. The summed E-state index contributed by atoms with van der Waals surface area (Å²) in [5, 5.41) is 0. The van der Waals surface area contributed by atoms with Gasteiger partial charge in [-0.25, -0.2) is 4.98 Å². The van der Waals surface area contributed by atoms with Crippen LogP contribution < -0.4 is 10.6 Å². The third-order valence-electron chi connectivity index (χ3n) is 2.36. The Morgan fingerprint density at radius 2 is 2.13 bits per heavy atom. The van der Waals surface area contributed by atoms with E-state index in [1.807, 2.05) is 24.4 Å². The maximum absolute atomic E-state index is 5.93. The summed E-state index contributed by atoms with van der Waals surface area (Å²) in [6, 6.07) is 5.96. The molecular formula is C12H21N3. The molecule has 0 radical (unpaired) electrons. The number of pyridine rings is 1. The number of aromatic nitrogens is 1. The zero-order valence-corrected chi connectivity index (χ0v) is 9.90. The van der Waals surface area contributed by atoms with Crippen LogP contribution in [0.5, 0.6) is 0 Å². The van der Waals surface area contributed by atoms with E-state index in [1.165, 1.54) is 0 Å². The second-order valence-corrected chi connectivity index (χ2v) is 4.70. The molecule has 1 aromatic rings. The molecule has 0 aliphatic carbocycles. The summed E-state index contributed by atoms with van der Waals surface area (Å²) in [7, 11) is 2.06. The van der Waals surface area contributed by atoms with Crippen molar-refractivity contribution in [2.45, 2.75) is 32.2 Å². The van der Waals surface area contributed by atoms with Gasteiger partial charge < -0.3 is 10.6 Å². The molecule has 1 heterocycles. The summed E-state index contributed by atoms with van der Waals surface area (Å²) in [4.78, 5) is 6.45. The first-order valence-electron chi connectivity index (χ1n) is 5.40. The van der Waals surface area contributed by atoms with Crippen LogP contribution in [0.2, 0.25) is 0 Å². The van der Waals surface area contributed by atoms with Crippen LogP contribution in [0.1, 0.15) is 26.7 Å². The fourth-order valence-corrected chi connectivity index (χ4v) is 1.47. The minimum Gasteiger partial charge on any atom is -0.360 e. The van der Waals surface area contributed by atoms with Crippen molar-refractivity contribution in [3.05, 3.63) is 24.4 Å². The van der Waals surface area contributed by atoms with E-state index in [1.54, 1.807) is 0 Å². The Labute approximate surface area is 92.3 Å². The maximum Gasteiger partial charge on any atom is 0.128 e. The molecule has 0 saturated heterocycles. The molecule has 15 heavy (non-hydrogen) atoms. The van der Waals surface area contributed by atoms with E-state index in [2.05, 4.69) is 30.8 Å². The fraction of sp³-hybridized carbons (Fsp3) is 0.583. The molecule has 0 aliphatic rings. The molecule has 1 aromatic heterocycles. The predicted molar refractivity (Wildman–Crippen MR) is 65.0 cm³/mol. The van der Waals surface area contributed by atoms with Crippen molar-refractivity contribution in [2.24, 2.45) is 5.73 Å². The van der Waals surface area contributed by atoms with Crippen molar-refractivity contribution in [1.29, 1.82) is 0 Å². The van der Waals surface area contributed by atoms with E-state index in [4.69, 9.17) is 5.73 Å². The first-order chi connectivity index (χ1) is 6.99. The molecule has 84 valence electrons. The molecule has 0 saturated carbocycles. The van der Waals surface area contributed by atoms with Gasteiger partial charge in [-0.3, -0.25) is 0 Å². The first kappa shape index (κ1) is 12.0. The number of nitrogens with zero attached hydrogens (tertiary/aromatic N) is 2. The van der Waals surface area contributed by atoms with E-state index in [9.17, 15) is 0 Å². The molecule has 0 atom stereocenters. The van der Waals surface area contributed by atoms with Gasteiger partial charge in [-0.05, 0) is 38.8 Å². The molecular weight excluding hydrogens is 186 g/mol. The molecule has 0 fully saturated rings. The van der Waals surface area contributed by atoms with Gasteiger partial charge in [-0.15, -0.1) is 0 Å². The van der Waals surface area contributed by atoms with Crippen molar-refractivity contribution >= 4 is 5.82 Å². The average Bonchev–Trinajstić information content (AvgIpc) is 2.17. The Balaban J connectivity index is 2.34. The summed E-state index contributed by atoms with van der Waals surface area (Å²) < 4.78 is 0. The van der Waals surface area contributed by atoms with Crippen LogP contribution in [0.4, 0.5) is 5.82 Å². The van der Waals surface area contributed by atoms with Gasteiger partial charge in [0.2, 0.25) is 0 Å². The minimum absolute atomic E-state index is 0.0645. The van der Waals surface area contributed by atoms with Gasteiger partial charge in [0.25, 0.3) is 0 Å². The number of hydrogen-bond acceptors (Lipinski definition) is 3. The Morgan fingerprint density at radius 3 is 2.67 bits per heavy atom. The smallest absolute Gasteiger partial charge is 0.128 e. The van der Waals surface area contributed by atoms with E-state index >= 15 is 0 Å². The molecule has 0 spiro atoms. The van der Waals surface area contributed by atoms with Crippen molar-refractivity contribution in [1.82, 2.24) is 4.98 Å². The molecule has 1 rings (SSSR count). The lowest BCUT2D eigenvalue weighted by Gasteiger charge is -2.22. The fourth-order valence-electron chi connectivity index (χ4n) is 1.47. The summed E-state index contributed by atoms with van der Waals surface area (Å²) >= 11 is 0. The molecule has 0 unspecified atom stereocenters. The van der Waals surface area contributed by atoms with Gasteiger partial charge >= 0.3 is 0 Å². The number of hydrogen-bond donors (Lipinski definition) is 1. The highest BCUT2D eigenvalue weighted by Gasteiger charge is 2.10. The highest BCUT2D eigenvalue weighted by Crippen LogP contribution is 2.11. The summed E-state index contributed by atoms with van der Waals surface area (Å²) in [6.07, 6.45) is 3.94. The van der Waals surface area contributed by atoms with Gasteiger partial charge in [-0.1, -0.05) is 6.07 Å². The molecule has 0 aromatic carbocycles. The lowest BCUT2D eigenvalue weighted by atomic mass is 10.0. The van der Waals surface area contributed by atoms with Crippen LogP contribution in [0.15, 0.2) is 24.4 Å². The summed E-state index contributed by atoms with van der Waals surface area (Å²) in [5.74, 6) is 1.02. The third kappa shape index (κ3) is 4.79. The largest absolute Gasteiger partial charge is 0.360 e. The highest BCUT2D eigenvalue weighted by atomic mass is 15.2. The SMILES string of the molecule is CN(CCCC(C)(C)N)c1ccccn1. The Bertz CT molecular complexity index is 277. The Kier molecular flexibility index (Phi) is 4.09. The lowest BCUT2D eigenvalue weighted by molar-refractivity contribution is 0.460. The quantitative estimate of drug-likeness (QED) is 0.803. The van der Waals surface area contributed by atoms with Crippen LogP contribution in [-0.2, 0) is 0 Å². The number of anilines is 1. The predicted octanol–water partition coefficient (Wildman–Crippen LogP) is 2.04. The standard InChI is InChI=1S/C12H21N3/c1-12(2,13)8-6-10-15(3)11-7-4-5-9-14-11/h4-5,7,9H,6,8,10,13H2,1-3H3. The zero-order chi connectivity index (χ0) is 11.3. The maximum atomic E-state index is 5.93. The Hall–Kier alpha value is -1.09. The van der Waals surface area contributed by atoms with E-state index in [0.29, 0.717) is 0 Å². The van der Waals surface area contributed by atoms with Gasteiger partial charge in [-0.2, -0.15) is 0 Å². The second kappa shape index (κ2) is 5.12. The van der Waals surface area contributed by atoms with Gasteiger partial charge in [0.15, 0.2) is 0 Å². The molecule has 2 N–H and O–H groups in total. The minimum atomic E-state index is -0.0645. The van der Waals surface area contributed by atoms with Gasteiger partial charge in [0, 0.05) is 25.3 Å². The number of rotatable bonds is 5. The topological polar surface area (TPSA) is 42.1 Å². The summed E-state index contributed by atoms with van der Waals surface area (Å²) in [5.41, 5.74) is 5.86. The first-order valence-corrected chi connectivity index (χ1v) is 5.40. The second-order valence-electron chi connectivity index (χ2n) is 4.70. The summed E-state index contributed by atoms with van der Waals surface area (Å²) in [6.45, 7) is 5.12. The zero-order valence-electron chi connectivity index (χ0n) is 9.90. The molecule has 0 amide bonds. The van der Waals surface area contributed by atoms with Crippen LogP contribution in [0, 0.1) is 0 Å². The van der Waals surface area contributed by atoms with Crippen LogP contribution >= 0.6 is 0 Å². The lowest BCUT2D eigenvalue weighted by Crippen LogP contribution is -2.33. The van der Waals surface area contributed by atoms with Crippen LogP contribution in [-0.4, -0.2) is 24.1 Å². The van der Waals surface area contributed by atoms with Gasteiger partial charge in [0.05, 0.1) is 0 Å². The highest BCUT2D eigenvalue weighted by molar-refractivity contribution is 5.36. The van der Waals surface area contributed by atoms with Crippen LogP contribution in [0.3, 0.4) is 0 Å². The van der Waals surface area contributed by atoms with E-state index in [0.717, 1.165) is 25.2 Å². The third-order valence-corrected chi connectivity index (χ3v) is 2.36. The van der Waals surface area contributed by atoms with Crippen molar-refractivity contribution in [3.8, 4) is 0 Å². The van der Waals surface area contributed by atoms with Crippen molar-refractivity contribution < 1.29 is 0 Å². The van der Waals surface area contributed by atoms with Gasteiger partial charge in [0.1, 0.15) is 5.82 Å². The Morgan fingerprint density at radius 1 is 1.40 bits per heavy atom. The van der Waals surface area contributed by atoms with E-state index in [-0.39, 0.29) is 5.54 Å². The molecule has 3 nitrogen and oxygen atoms in total. The average molecular weight is 207 g/mol. The van der Waals surface area contributed by atoms with Crippen molar-refractivity contribution in [3.63, 3.8) is 0 Å². The molecule has 3 heteroatoms. The molecule has 0 bridgehead atoms. The monoisotopic (exact) mass is 207 g/mol.